The molecule has 0 unspecified atom stereocenters. The molecule has 1 aromatic rings. The summed E-state index contributed by atoms with van der Waals surface area (Å²) in [6.45, 7) is 2.39. The Morgan fingerprint density at radius 1 is 0.719 bits per heavy atom. The van der Waals surface area contributed by atoms with E-state index in [1.807, 2.05) is 0 Å². The normalized spacial score (nSPS) is 34.5. The second-order valence-electron chi connectivity index (χ2n) is 10.8. The highest BCUT2D eigenvalue weighted by Gasteiger charge is 2.43. The van der Waals surface area contributed by atoms with Crippen molar-refractivity contribution in [1.29, 1.82) is 0 Å². The molecule has 0 radical (unpaired) electrons. The van der Waals surface area contributed by atoms with Crippen molar-refractivity contribution in [3.05, 3.63) is 42.2 Å². The second kappa shape index (κ2) is 10.7. The topological polar surface area (TPSA) is 9.23 Å². The van der Waals surface area contributed by atoms with Crippen LogP contribution < -0.4 is 4.74 Å². The number of ether oxygens (including phenoxy) is 1. The van der Waals surface area contributed by atoms with E-state index in [4.69, 9.17) is 4.74 Å². The van der Waals surface area contributed by atoms with Crippen molar-refractivity contribution < 1.29 is 17.9 Å². The summed E-state index contributed by atoms with van der Waals surface area (Å²) in [5, 5.41) is 0. The third-order valence-corrected chi connectivity index (χ3v) is 8.51. The minimum absolute atomic E-state index is 0.0248. The lowest BCUT2D eigenvalue weighted by atomic mass is 9.69. The van der Waals surface area contributed by atoms with Crippen molar-refractivity contribution in [3.63, 3.8) is 0 Å². The van der Waals surface area contributed by atoms with Crippen molar-refractivity contribution in [2.45, 2.75) is 90.1 Å². The van der Waals surface area contributed by atoms with Gasteiger partial charge in [-0.25, -0.2) is 4.39 Å². The van der Waals surface area contributed by atoms with E-state index in [0.29, 0.717) is 24.7 Å². The predicted molar refractivity (Wildman–Crippen MR) is 123 cm³/mol. The molecule has 3 fully saturated rings. The van der Waals surface area contributed by atoms with Gasteiger partial charge in [0.2, 0.25) is 0 Å². The van der Waals surface area contributed by atoms with Gasteiger partial charge in [0.1, 0.15) is 11.6 Å². The van der Waals surface area contributed by atoms with Crippen molar-refractivity contribution in [1.82, 2.24) is 0 Å². The monoisotopic (exact) mass is 448 g/mol. The Balaban J connectivity index is 1.18. The van der Waals surface area contributed by atoms with Crippen LogP contribution in [0.3, 0.4) is 0 Å². The van der Waals surface area contributed by atoms with Crippen molar-refractivity contribution >= 4 is 0 Å². The minimum atomic E-state index is -3.21. The third kappa shape index (κ3) is 6.32. The second-order valence-corrected chi connectivity index (χ2v) is 10.8. The van der Waals surface area contributed by atoms with Crippen molar-refractivity contribution in [2.75, 3.05) is 0 Å². The lowest BCUT2D eigenvalue weighted by molar-refractivity contribution is -0.223. The van der Waals surface area contributed by atoms with Gasteiger partial charge in [0.05, 0.1) is 5.92 Å². The molecular formula is C28H39F3O. The van der Waals surface area contributed by atoms with Crippen LogP contribution in [-0.4, -0.2) is 6.11 Å². The zero-order valence-electron chi connectivity index (χ0n) is 19.5. The molecule has 0 spiro atoms. The van der Waals surface area contributed by atoms with E-state index < -0.39 is 17.8 Å². The van der Waals surface area contributed by atoms with Crippen LogP contribution in [0.2, 0.25) is 0 Å². The highest BCUT2D eigenvalue weighted by molar-refractivity contribution is 5.22. The molecular weight excluding hydrogens is 409 g/mol. The van der Waals surface area contributed by atoms with Crippen LogP contribution in [0.1, 0.15) is 84.0 Å². The predicted octanol–water partition coefficient (Wildman–Crippen LogP) is 8.79. The molecule has 4 rings (SSSR count). The Bertz CT molecular complexity index is 720. The fourth-order valence-corrected chi connectivity index (χ4v) is 6.27. The number of rotatable bonds is 6. The molecule has 0 amide bonds. The average Bonchev–Trinajstić information content (AvgIpc) is 2.80. The maximum Gasteiger partial charge on any atom is 0.400 e. The molecule has 0 N–H and O–H groups in total. The fourth-order valence-electron chi connectivity index (χ4n) is 6.27. The smallest absolute Gasteiger partial charge is 0.400 e. The molecule has 0 atom stereocenters. The molecule has 32 heavy (non-hydrogen) atoms. The van der Waals surface area contributed by atoms with Crippen molar-refractivity contribution in [3.8, 4) is 5.75 Å². The number of alkyl halides is 2. The number of benzene rings is 1. The largest absolute Gasteiger partial charge is 0.432 e. The molecule has 178 valence electrons. The van der Waals surface area contributed by atoms with Crippen LogP contribution in [-0.2, 0) is 0 Å². The molecule has 1 aromatic carbocycles. The maximum atomic E-state index is 14.6. The van der Waals surface area contributed by atoms with Crippen LogP contribution in [0.4, 0.5) is 13.2 Å². The summed E-state index contributed by atoms with van der Waals surface area (Å²) in [6, 6.07) is 4.83. The maximum absolute atomic E-state index is 14.6. The van der Waals surface area contributed by atoms with Gasteiger partial charge < -0.3 is 4.74 Å². The summed E-state index contributed by atoms with van der Waals surface area (Å²) in [6.07, 6.45) is 15.1. The van der Waals surface area contributed by atoms with E-state index in [2.05, 4.69) is 19.1 Å². The summed E-state index contributed by atoms with van der Waals surface area (Å²) in [4.78, 5) is 0. The Hall–Kier alpha value is -1.45. The van der Waals surface area contributed by atoms with E-state index >= 15 is 0 Å². The Labute approximate surface area is 191 Å². The summed E-state index contributed by atoms with van der Waals surface area (Å²) in [7, 11) is 0. The summed E-state index contributed by atoms with van der Waals surface area (Å²) in [5.74, 6) is 2.71. The lowest BCUT2D eigenvalue weighted by Crippen LogP contribution is -2.37. The summed E-state index contributed by atoms with van der Waals surface area (Å²) in [5.41, 5.74) is 0. The van der Waals surface area contributed by atoms with E-state index in [-0.39, 0.29) is 5.75 Å². The van der Waals surface area contributed by atoms with Gasteiger partial charge in [-0.1, -0.05) is 31.9 Å². The summed E-state index contributed by atoms with van der Waals surface area (Å²) < 4.78 is 47.1. The number of halogens is 3. The molecule has 0 aromatic heterocycles. The Morgan fingerprint density at radius 3 is 1.72 bits per heavy atom. The quantitative estimate of drug-likeness (QED) is 0.395. The number of hydrogen-bond donors (Lipinski definition) is 0. The molecule has 3 saturated carbocycles. The van der Waals surface area contributed by atoms with E-state index in [1.54, 1.807) is 0 Å². The van der Waals surface area contributed by atoms with Crippen LogP contribution in [0.15, 0.2) is 36.4 Å². The SMILES string of the molecule is CC1CCC(C2CCC(/C=C/C3CCC(C(F)(F)Oc4ccc(F)cc4)CC3)CC2)CC1. The Morgan fingerprint density at radius 2 is 1.19 bits per heavy atom. The highest BCUT2D eigenvalue weighted by Crippen LogP contribution is 2.43. The van der Waals surface area contributed by atoms with Crippen molar-refractivity contribution in [2.24, 2.45) is 35.5 Å². The van der Waals surface area contributed by atoms with Gasteiger partial charge in [0.15, 0.2) is 0 Å². The van der Waals surface area contributed by atoms with Gasteiger partial charge in [0, 0.05) is 0 Å². The zero-order chi connectivity index (χ0) is 22.6. The highest BCUT2D eigenvalue weighted by atomic mass is 19.3. The van der Waals surface area contributed by atoms with E-state index in [1.165, 1.54) is 63.5 Å². The van der Waals surface area contributed by atoms with Crippen LogP contribution in [0, 0.1) is 41.3 Å². The van der Waals surface area contributed by atoms with Gasteiger partial charge in [-0.3, -0.25) is 0 Å². The van der Waals surface area contributed by atoms with E-state index in [0.717, 1.165) is 42.7 Å². The first-order chi connectivity index (χ1) is 15.4. The first kappa shape index (κ1) is 23.7. The number of allylic oxidation sites excluding steroid dienone is 2. The third-order valence-electron chi connectivity index (χ3n) is 8.51. The lowest BCUT2D eigenvalue weighted by Gasteiger charge is -2.37. The molecule has 1 nitrogen and oxygen atoms in total. The van der Waals surface area contributed by atoms with Gasteiger partial charge >= 0.3 is 6.11 Å². The molecule has 4 heteroatoms. The minimum Gasteiger partial charge on any atom is -0.432 e. The van der Waals surface area contributed by atoms with Crippen LogP contribution in [0.25, 0.3) is 0 Å². The van der Waals surface area contributed by atoms with Gasteiger partial charge in [-0.15, -0.1) is 0 Å². The average molecular weight is 449 g/mol. The molecule has 0 bridgehead atoms. The molecule has 3 aliphatic rings. The zero-order valence-corrected chi connectivity index (χ0v) is 19.5. The van der Waals surface area contributed by atoms with Gasteiger partial charge in [0.25, 0.3) is 0 Å². The Kier molecular flexibility index (Phi) is 7.89. The van der Waals surface area contributed by atoms with Gasteiger partial charge in [-0.2, -0.15) is 8.78 Å². The first-order valence-corrected chi connectivity index (χ1v) is 12.9. The molecule has 0 aliphatic heterocycles. The van der Waals surface area contributed by atoms with E-state index in [9.17, 15) is 13.2 Å². The molecule has 0 heterocycles. The first-order valence-electron chi connectivity index (χ1n) is 12.9. The van der Waals surface area contributed by atoms with Crippen LogP contribution in [0.5, 0.6) is 5.75 Å². The molecule has 3 aliphatic carbocycles. The standard InChI is InChI=1S/C28H39F3O/c1-20-2-10-23(11-3-20)24-12-6-21(7-13-24)4-5-22-8-14-25(15-9-22)28(30,31)32-27-18-16-26(29)17-19-27/h4-5,16-25H,2-3,6-15H2,1H3/b5-4+. The number of hydrogen-bond acceptors (Lipinski definition) is 1. The van der Waals surface area contributed by atoms with Gasteiger partial charge in [-0.05, 0) is 118 Å². The summed E-state index contributed by atoms with van der Waals surface area (Å²) >= 11 is 0. The molecule has 0 saturated heterocycles. The van der Waals surface area contributed by atoms with Crippen LogP contribution >= 0.6 is 0 Å². The fraction of sp³-hybridized carbons (Fsp3) is 0.714.